The highest BCUT2D eigenvalue weighted by Crippen LogP contribution is 2.26. The first-order chi connectivity index (χ1) is 7.70. The Kier molecular flexibility index (Phi) is 4.16. The van der Waals surface area contributed by atoms with E-state index < -0.39 is 0 Å². The van der Waals surface area contributed by atoms with Crippen molar-refractivity contribution >= 4 is 11.4 Å². The summed E-state index contributed by atoms with van der Waals surface area (Å²) in [7, 11) is 0. The molecule has 0 saturated heterocycles. The summed E-state index contributed by atoms with van der Waals surface area (Å²) < 4.78 is 5.28. The third kappa shape index (κ3) is 2.64. The van der Waals surface area contributed by atoms with Gasteiger partial charge in [-0.05, 0) is 13.0 Å². The predicted molar refractivity (Wildman–Crippen MR) is 62.1 cm³/mol. The van der Waals surface area contributed by atoms with Crippen LogP contribution in [0.15, 0.2) is 30.5 Å². The fourth-order valence-corrected chi connectivity index (χ4v) is 1.28. The van der Waals surface area contributed by atoms with Crippen molar-refractivity contribution in [3.8, 4) is 18.1 Å². The van der Waals surface area contributed by atoms with E-state index in [4.69, 9.17) is 16.3 Å². The zero-order valence-corrected chi connectivity index (χ0v) is 8.93. The van der Waals surface area contributed by atoms with Crippen molar-refractivity contribution in [2.75, 3.05) is 6.61 Å². The van der Waals surface area contributed by atoms with Crippen LogP contribution in [0.5, 0.6) is 5.75 Å². The zero-order chi connectivity index (χ0) is 12.0. The van der Waals surface area contributed by atoms with Gasteiger partial charge in [0.2, 0.25) is 0 Å². The van der Waals surface area contributed by atoms with Gasteiger partial charge >= 0.3 is 0 Å². The van der Waals surface area contributed by atoms with Crippen LogP contribution in [0.2, 0.25) is 0 Å². The van der Waals surface area contributed by atoms with Gasteiger partial charge in [-0.3, -0.25) is 4.79 Å². The van der Waals surface area contributed by atoms with Gasteiger partial charge < -0.3 is 9.84 Å². The standard InChI is InChI=1S/C13H12O3/c1-3-8-16-13-7-5-4-6-11(13)12(9-14)10(2)15/h1,4-7,9,14H,8H2,2H3/b12-9+. The molecule has 0 aromatic heterocycles. The fraction of sp³-hybridized carbons (Fsp3) is 0.154. The minimum Gasteiger partial charge on any atom is -0.515 e. The molecule has 0 bridgehead atoms. The number of carbonyl (C=O) groups is 1. The number of Topliss-reactive ketones (excluding diaryl/α,β-unsaturated/α-hetero) is 1. The number of allylic oxidation sites excluding steroid dienone is 1. The number of aliphatic hydroxyl groups is 1. The molecule has 1 N–H and O–H groups in total. The maximum atomic E-state index is 11.3. The second-order valence-corrected chi connectivity index (χ2v) is 3.09. The van der Waals surface area contributed by atoms with E-state index in [1.54, 1.807) is 24.3 Å². The lowest BCUT2D eigenvalue weighted by molar-refractivity contribution is -0.111. The van der Waals surface area contributed by atoms with Crippen LogP contribution in [-0.4, -0.2) is 17.5 Å². The number of benzene rings is 1. The molecule has 0 heterocycles. The van der Waals surface area contributed by atoms with Crippen LogP contribution in [0.3, 0.4) is 0 Å². The maximum Gasteiger partial charge on any atom is 0.163 e. The average molecular weight is 216 g/mol. The quantitative estimate of drug-likeness (QED) is 0.476. The van der Waals surface area contributed by atoms with Crippen LogP contribution >= 0.6 is 0 Å². The number of rotatable bonds is 4. The molecule has 0 aliphatic heterocycles. The SMILES string of the molecule is C#CCOc1ccccc1/C(=C/O)C(C)=O. The number of terminal acetylenes is 1. The Labute approximate surface area is 94.4 Å². The summed E-state index contributed by atoms with van der Waals surface area (Å²) in [5.74, 6) is 2.59. The molecule has 0 amide bonds. The molecule has 3 heteroatoms. The largest absolute Gasteiger partial charge is 0.515 e. The number of hydrogen-bond acceptors (Lipinski definition) is 3. The van der Waals surface area contributed by atoms with E-state index in [0.717, 1.165) is 6.26 Å². The lowest BCUT2D eigenvalue weighted by atomic mass is 10.0. The van der Waals surface area contributed by atoms with Crippen LogP contribution in [0.1, 0.15) is 12.5 Å². The Balaban J connectivity index is 3.12. The summed E-state index contributed by atoms with van der Waals surface area (Å²) in [6.07, 6.45) is 5.87. The summed E-state index contributed by atoms with van der Waals surface area (Å²) in [6.45, 7) is 1.49. The monoisotopic (exact) mass is 216 g/mol. The molecule has 0 spiro atoms. The van der Waals surface area contributed by atoms with E-state index >= 15 is 0 Å². The summed E-state index contributed by atoms with van der Waals surface area (Å²) in [4.78, 5) is 11.3. The van der Waals surface area contributed by atoms with Crippen molar-refractivity contribution in [3.63, 3.8) is 0 Å². The molecule has 0 unspecified atom stereocenters. The Bertz CT molecular complexity index is 452. The number of ketones is 1. The number of carbonyl (C=O) groups excluding carboxylic acids is 1. The molecular formula is C13H12O3. The Morgan fingerprint density at radius 2 is 2.25 bits per heavy atom. The molecule has 16 heavy (non-hydrogen) atoms. The van der Waals surface area contributed by atoms with E-state index in [-0.39, 0.29) is 18.0 Å². The minimum atomic E-state index is -0.237. The van der Waals surface area contributed by atoms with E-state index in [1.807, 2.05) is 0 Å². The zero-order valence-electron chi connectivity index (χ0n) is 8.93. The summed E-state index contributed by atoms with van der Waals surface area (Å²) in [6, 6.07) is 6.91. The number of hydrogen-bond donors (Lipinski definition) is 1. The van der Waals surface area contributed by atoms with Crippen LogP contribution in [-0.2, 0) is 4.79 Å². The maximum absolute atomic E-state index is 11.3. The van der Waals surface area contributed by atoms with Crippen molar-refractivity contribution in [1.82, 2.24) is 0 Å². The van der Waals surface area contributed by atoms with Crippen LogP contribution in [0.4, 0.5) is 0 Å². The molecule has 1 aromatic rings. The molecule has 0 atom stereocenters. The molecule has 82 valence electrons. The minimum absolute atomic E-state index is 0.119. The first-order valence-corrected chi connectivity index (χ1v) is 4.71. The van der Waals surface area contributed by atoms with Gasteiger partial charge in [-0.25, -0.2) is 0 Å². The second-order valence-electron chi connectivity index (χ2n) is 3.09. The highest BCUT2D eigenvalue weighted by molar-refractivity contribution is 6.19. The van der Waals surface area contributed by atoms with Gasteiger partial charge in [-0.2, -0.15) is 0 Å². The lowest BCUT2D eigenvalue weighted by Gasteiger charge is -2.09. The van der Waals surface area contributed by atoms with Crippen molar-refractivity contribution in [3.05, 3.63) is 36.1 Å². The molecule has 0 aliphatic rings. The molecule has 0 saturated carbocycles. The van der Waals surface area contributed by atoms with E-state index in [1.165, 1.54) is 6.92 Å². The number of aliphatic hydroxyl groups excluding tert-OH is 1. The van der Waals surface area contributed by atoms with Gasteiger partial charge in [-0.15, -0.1) is 6.42 Å². The first kappa shape index (κ1) is 11.9. The van der Waals surface area contributed by atoms with Crippen LogP contribution in [0.25, 0.3) is 5.57 Å². The number of para-hydroxylation sites is 1. The Morgan fingerprint density at radius 1 is 1.56 bits per heavy atom. The average Bonchev–Trinajstić information content (AvgIpc) is 2.28. The Morgan fingerprint density at radius 3 is 2.81 bits per heavy atom. The van der Waals surface area contributed by atoms with Gasteiger partial charge in [0.05, 0.1) is 11.8 Å². The topological polar surface area (TPSA) is 46.5 Å². The summed E-state index contributed by atoms with van der Waals surface area (Å²) in [5, 5.41) is 9.02. The van der Waals surface area contributed by atoms with Gasteiger partial charge in [0.1, 0.15) is 12.4 Å². The molecule has 3 nitrogen and oxygen atoms in total. The van der Waals surface area contributed by atoms with Crippen molar-refractivity contribution < 1.29 is 14.6 Å². The molecule has 0 aliphatic carbocycles. The fourth-order valence-electron chi connectivity index (χ4n) is 1.28. The first-order valence-electron chi connectivity index (χ1n) is 4.71. The van der Waals surface area contributed by atoms with Gasteiger partial charge in [-0.1, -0.05) is 24.1 Å². The van der Waals surface area contributed by atoms with Gasteiger partial charge in [0.15, 0.2) is 5.78 Å². The number of ether oxygens (including phenoxy) is 1. The summed E-state index contributed by atoms with van der Waals surface area (Å²) in [5.41, 5.74) is 0.736. The lowest BCUT2D eigenvalue weighted by Crippen LogP contribution is -2.01. The van der Waals surface area contributed by atoms with Crippen molar-refractivity contribution in [2.45, 2.75) is 6.92 Å². The van der Waals surface area contributed by atoms with Gasteiger partial charge in [0.25, 0.3) is 0 Å². The second kappa shape index (κ2) is 5.62. The van der Waals surface area contributed by atoms with Crippen LogP contribution < -0.4 is 4.74 Å². The van der Waals surface area contributed by atoms with E-state index in [2.05, 4.69) is 5.92 Å². The van der Waals surface area contributed by atoms with Crippen molar-refractivity contribution in [1.29, 1.82) is 0 Å². The van der Waals surface area contributed by atoms with E-state index in [9.17, 15) is 4.79 Å². The third-order valence-electron chi connectivity index (χ3n) is 2.00. The molecule has 1 aromatic carbocycles. The highest BCUT2D eigenvalue weighted by Gasteiger charge is 2.12. The smallest absolute Gasteiger partial charge is 0.163 e. The van der Waals surface area contributed by atoms with Crippen molar-refractivity contribution in [2.24, 2.45) is 0 Å². The molecular weight excluding hydrogens is 204 g/mol. The predicted octanol–water partition coefficient (Wildman–Crippen LogP) is 2.19. The highest BCUT2D eigenvalue weighted by atomic mass is 16.5. The molecule has 0 radical (unpaired) electrons. The normalized spacial score (nSPS) is 10.6. The summed E-state index contributed by atoms with van der Waals surface area (Å²) >= 11 is 0. The Hall–Kier alpha value is -2.21. The molecule has 1 rings (SSSR count). The van der Waals surface area contributed by atoms with E-state index in [0.29, 0.717) is 11.3 Å². The van der Waals surface area contributed by atoms with Crippen LogP contribution in [0, 0.1) is 12.3 Å². The van der Waals surface area contributed by atoms with Gasteiger partial charge in [0, 0.05) is 5.56 Å². The molecule has 0 fully saturated rings. The third-order valence-corrected chi connectivity index (χ3v) is 2.00.